The number of carbonyl (C=O) groups is 2. The number of anilines is 1. The Balaban J connectivity index is 2.81. The molecule has 0 aliphatic heterocycles. The van der Waals surface area contributed by atoms with Crippen molar-refractivity contribution in [2.75, 3.05) is 20.0 Å². The van der Waals surface area contributed by atoms with Crippen molar-refractivity contribution in [1.82, 2.24) is 4.57 Å². The highest BCUT2D eigenvalue weighted by Gasteiger charge is 2.25. The van der Waals surface area contributed by atoms with Crippen LogP contribution in [0, 0.1) is 17.1 Å². The molecule has 0 fully saturated rings. The van der Waals surface area contributed by atoms with Gasteiger partial charge in [0, 0.05) is 6.20 Å². The molecule has 0 radical (unpaired) electrons. The first-order valence-corrected chi connectivity index (χ1v) is 6.46. The number of hydrogen-bond acceptors (Lipinski definition) is 7. The van der Waals surface area contributed by atoms with Crippen molar-refractivity contribution in [3.8, 4) is 17.5 Å². The Morgan fingerprint density at radius 2 is 1.92 bits per heavy atom. The second-order valence-electron chi connectivity index (χ2n) is 4.60. The smallest absolute Gasteiger partial charge is 0.357 e. The highest BCUT2D eigenvalue weighted by atomic mass is 19.1. The zero-order valence-corrected chi connectivity index (χ0v) is 12.7. The summed E-state index contributed by atoms with van der Waals surface area (Å²) in [5, 5.41) is 19.0. The highest BCUT2D eigenvalue weighted by Crippen LogP contribution is 2.32. The number of benzene rings is 1. The summed E-state index contributed by atoms with van der Waals surface area (Å²) in [6.07, 6.45) is 1.12. The Bertz CT molecular complexity index is 882. The van der Waals surface area contributed by atoms with Crippen molar-refractivity contribution in [3.05, 3.63) is 41.0 Å². The minimum absolute atomic E-state index is 0.0846. The summed E-state index contributed by atoms with van der Waals surface area (Å²) in [6.45, 7) is 0. The Kier molecular flexibility index (Phi) is 4.41. The summed E-state index contributed by atoms with van der Waals surface area (Å²) >= 11 is 0. The molecule has 9 heteroatoms. The van der Waals surface area contributed by atoms with Gasteiger partial charge in [0.15, 0.2) is 17.3 Å². The van der Waals surface area contributed by atoms with Crippen LogP contribution in [0.2, 0.25) is 0 Å². The van der Waals surface area contributed by atoms with E-state index in [9.17, 15) is 19.1 Å². The lowest BCUT2D eigenvalue weighted by molar-refractivity contribution is 0.0588. The molecular weight excluding hydrogens is 321 g/mol. The Labute approximate surface area is 135 Å². The van der Waals surface area contributed by atoms with E-state index in [1.165, 1.54) is 0 Å². The van der Waals surface area contributed by atoms with Gasteiger partial charge in [-0.05, 0) is 12.1 Å². The number of halogens is 1. The molecule has 2 rings (SSSR count). The van der Waals surface area contributed by atoms with Crippen LogP contribution in [-0.4, -0.2) is 35.8 Å². The number of rotatable bonds is 3. The molecule has 0 aliphatic carbocycles. The van der Waals surface area contributed by atoms with Crippen LogP contribution in [0.5, 0.6) is 5.75 Å². The molecule has 124 valence electrons. The third kappa shape index (κ3) is 2.61. The number of nitriles is 1. The standard InChI is InChI=1S/C15H12FN3O5/c1-23-14(21)7-3-9(16)13(20)10(4-7)19-6-8(5-17)11(18)12(19)15(22)24-2/h3-4,6,20H,18H2,1-2H3. The minimum Gasteiger partial charge on any atom is -0.503 e. The monoisotopic (exact) mass is 333 g/mol. The maximum Gasteiger partial charge on any atom is 0.357 e. The van der Waals surface area contributed by atoms with Gasteiger partial charge in [0.25, 0.3) is 0 Å². The molecule has 0 aliphatic rings. The molecule has 0 saturated heterocycles. The molecule has 8 nitrogen and oxygen atoms in total. The van der Waals surface area contributed by atoms with Gasteiger partial charge in [0.1, 0.15) is 6.07 Å². The average Bonchev–Trinajstić information content (AvgIpc) is 2.92. The summed E-state index contributed by atoms with van der Waals surface area (Å²) in [4.78, 5) is 23.5. The van der Waals surface area contributed by atoms with Gasteiger partial charge in [-0.2, -0.15) is 5.26 Å². The predicted molar refractivity (Wildman–Crippen MR) is 79.2 cm³/mol. The van der Waals surface area contributed by atoms with Gasteiger partial charge < -0.3 is 24.9 Å². The molecule has 1 aromatic carbocycles. The molecule has 1 aromatic heterocycles. The SMILES string of the molecule is COC(=O)c1cc(F)c(O)c(-n2cc(C#N)c(N)c2C(=O)OC)c1. The lowest BCUT2D eigenvalue weighted by Gasteiger charge is -2.12. The number of aromatic hydroxyl groups is 1. The van der Waals surface area contributed by atoms with Crippen molar-refractivity contribution in [2.24, 2.45) is 0 Å². The van der Waals surface area contributed by atoms with Crippen molar-refractivity contribution in [2.45, 2.75) is 0 Å². The first-order chi connectivity index (χ1) is 11.3. The van der Waals surface area contributed by atoms with Crippen LogP contribution in [0.4, 0.5) is 10.1 Å². The van der Waals surface area contributed by atoms with Crippen LogP contribution in [0.1, 0.15) is 26.4 Å². The van der Waals surface area contributed by atoms with Gasteiger partial charge in [0.2, 0.25) is 0 Å². The molecule has 0 saturated carbocycles. The normalized spacial score (nSPS) is 10.1. The zero-order valence-electron chi connectivity index (χ0n) is 12.7. The fourth-order valence-electron chi connectivity index (χ4n) is 2.11. The number of esters is 2. The number of phenolic OH excluding ortho intramolecular Hbond substituents is 1. The first-order valence-electron chi connectivity index (χ1n) is 6.46. The van der Waals surface area contributed by atoms with E-state index in [-0.39, 0.29) is 28.2 Å². The van der Waals surface area contributed by atoms with E-state index in [0.717, 1.165) is 37.1 Å². The Morgan fingerprint density at radius 1 is 1.29 bits per heavy atom. The highest BCUT2D eigenvalue weighted by molar-refractivity contribution is 5.96. The first kappa shape index (κ1) is 16.8. The van der Waals surface area contributed by atoms with Crippen LogP contribution in [0.15, 0.2) is 18.3 Å². The molecule has 0 unspecified atom stereocenters. The number of hydrogen-bond donors (Lipinski definition) is 2. The second-order valence-corrected chi connectivity index (χ2v) is 4.60. The van der Waals surface area contributed by atoms with Crippen LogP contribution in [-0.2, 0) is 9.47 Å². The number of nitrogen functional groups attached to an aromatic ring is 1. The molecular formula is C15H12FN3O5. The Hall–Kier alpha value is -3.54. The summed E-state index contributed by atoms with van der Waals surface area (Å²) in [7, 11) is 2.20. The quantitative estimate of drug-likeness (QED) is 0.811. The third-order valence-electron chi connectivity index (χ3n) is 3.27. The molecule has 0 atom stereocenters. The fraction of sp³-hybridized carbons (Fsp3) is 0.133. The molecule has 24 heavy (non-hydrogen) atoms. The summed E-state index contributed by atoms with van der Waals surface area (Å²) in [5.41, 5.74) is 4.68. The lowest BCUT2D eigenvalue weighted by atomic mass is 10.1. The van der Waals surface area contributed by atoms with Gasteiger partial charge in [-0.1, -0.05) is 0 Å². The van der Waals surface area contributed by atoms with Crippen molar-refractivity contribution in [1.29, 1.82) is 5.26 Å². The van der Waals surface area contributed by atoms with Gasteiger partial charge in [-0.3, -0.25) is 0 Å². The van der Waals surface area contributed by atoms with E-state index in [2.05, 4.69) is 9.47 Å². The van der Waals surface area contributed by atoms with Gasteiger partial charge in [-0.25, -0.2) is 14.0 Å². The number of phenols is 1. The van der Waals surface area contributed by atoms with E-state index in [0.29, 0.717) is 0 Å². The van der Waals surface area contributed by atoms with E-state index < -0.39 is 23.5 Å². The topological polar surface area (TPSA) is 128 Å². The molecule has 0 amide bonds. The van der Waals surface area contributed by atoms with E-state index >= 15 is 0 Å². The van der Waals surface area contributed by atoms with Crippen molar-refractivity contribution < 1.29 is 28.6 Å². The molecule has 3 N–H and O–H groups in total. The predicted octanol–water partition coefficient (Wildman–Crippen LogP) is 1.35. The summed E-state index contributed by atoms with van der Waals surface area (Å²) < 4.78 is 24.0. The van der Waals surface area contributed by atoms with Crippen molar-refractivity contribution >= 4 is 17.6 Å². The molecule has 0 spiro atoms. The third-order valence-corrected chi connectivity index (χ3v) is 3.27. The fourth-order valence-corrected chi connectivity index (χ4v) is 2.11. The van der Waals surface area contributed by atoms with E-state index in [1.54, 1.807) is 6.07 Å². The largest absolute Gasteiger partial charge is 0.503 e. The molecule has 2 aromatic rings. The number of ether oxygens (including phenoxy) is 2. The summed E-state index contributed by atoms with van der Waals surface area (Å²) in [6, 6.07) is 3.64. The lowest BCUT2D eigenvalue weighted by Crippen LogP contribution is -2.12. The molecule has 1 heterocycles. The molecule has 0 bridgehead atoms. The maximum atomic E-state index is 13.9. The number of nitrogens with zero attached hydrogens (tertiary/aromatic N) is 2. The van der Waals surface area contributed by atoms with Gasteiger partial charge in [0.05, 0.1) is 36.7 Å². The van der Waals surface area contributed by atoms with Crippen LogP contribution in [0.3, 0.4) is 0 Å². The number of carbonyl (C=O) groups excluding carboxylic acids is 2. The summed E-state index contributed by atoms with van der Waals surface area (Å²) in [5.74, 6) is -3.71. The van der Waals surface area contributed by atoms with Crippen LogP contribution >= 0.6 is 0 Å². The van der Waals surface area contributed by atoms with Crippen LogP contribution in [0.25, 0.3) is 5.69 Å². The van der Waals surface area contributed by atoms with Gasteiger partial charge in [-0.15, -0.1) is 0 Å². The number of aromatic nitrogens is 1. The number of methoxy groups -OCH3 is 2. The van der Waals surface area contributed by atoms with E-state index in [4.69, 9.17) is 11.0 Å². The van der Waals surface area contributed by atoms with E-state index in [1.807, 2.05) is 0 Å². The Morgan fingerprint density at radius 3 is 2.46 bits per heavy atom. The number of nitrogens with two attached hydrogens (primary N) is 1. The minimum atomic E-state index is -1.12. The second kappa shape index (κ2) is 6.29. The van der Waals surface area contributed by atoms with Crippen LogP contribution < -0.4 is 5.73 Å². The van der Waals surface area contributed by atoms with Crippen molar-refractivity contribution in [3.63, 3.8) is 0 Å². The van der Waals surface area contributed by atoms with Gasteiger partial charge >= 0.3 is 11.9 Å². The zero-order chi connectivity index (χ0) is 18.0. The maximum absolute atomic E-state index is 13.9. The average molecular weight is 333 g/mol.